The molecule has 26 heavy (non-hydrogen) atoms. The maximum absolute atomic E-state index is 12.6. The van der Waals surface area contributed by atoms with Gasteiger partial charge in [-0.15, -0.1) is 5.10 Å². The third kappa shape index (κ3) is 3.15. The molecule has 1 aliphatic heterocycles. The second kappa shape index (κ2) is 6.79. The van der Waals surface area contributed by atoms with Crippen LogP contribution in [0.25, 0.3) is 5.82 Å². The van der Waals surface area contributed by atoms with E-state index >= 15 is 0 Å². The van der Waals surface area contributed by atoms with Gasteiger partial charge in [0.2, 0.25) is 0 Å². The summed E-state index contributed by atoms with van der Waals surface area (Å²) in [4.78, 5) is 26.2. The summed E-state index contributed by atoms with van der Waals surface area (Å²) >= 11 is 1.15. The fourth-order valence-corrected chi connectivity index (χ4v) is 3.56. The van der Waals surface area contributed by atoms with E-state index in [9.17, 15) is 4.79 Å². The van der Waals surface area contributed by atoms with Crippen LogP contribution in [0, 0.1) is 13.8 Å². The average molecular weight is 370 g/mol. The lowest BCUT2D eigenvalue weighted by atomic mass is 10.2. The maximum atomic E-state index is 12.6. The van der Waals surface area contributed by atoms with Crippen LogP contribution in [0.2, 0.25) is 0 Å². The van der Waals surface area contributed by atoms with Gasteiger partial charge in [-0.2, -0.15) is 5.10 Å². The molecule has 10 heteroatoms. The van der Waals surface area contributed by atoms with Crippen molar-refractivity contribution in [3.05, 3.63) is 40.9 Å². The van der Waals surface area contributed by atoms with Crippen LogP contribution in [0.15, 0.2) is 24.5 Å². The molecule has 134 valence electrons. The second-order valence-corrected chi connectivity index (χ2v) is 6.80. The van der Waals surface area contributed by atoms with Crippen LogP contribution in [0.5, 0.6) is 0 Å². The first-order chi connectivity index (χ1) is 12.6. The number of hydrogen-bond donors (Lipinski definition) is 0. The van der Waals surface area contributed by atoms with E-state index in [-0.39, 0.29) is 5.91 Å². The van der Waals surface area contributed by atoms with Crippen molar-refractivity contribution in [1.82, 2.24) is 34.2 Å². The monoisotopic (exact) mass is 370 g/mol. The van der Waals surface area contributed by atoms with Crippen LogP contribution >= 0.6 is 11.5 Å². The number of nitrogens with zero attached hydrogens (tertiary/aromatic N) is 8. The molecule has 3 aromatic rings. The number of aromatic nitrogens is 6. The van der Waals surface area contributed by atoms with Crippen molar-refractivity contribution in [3.63, 3.8) is 0 Å². The molecule has 1 fully saturated rings. The van der Waals surface area contributed by atoms with Gasteiger partial charge >= 0.3 is 0 Å². The molecule has 4 rings (SSSR count). The third-order valence-electron chi connectivity index (χ3n) is 4.29. The fraction of sp³-hybridized carbons (Fsp3) is 0.375. The van der Waals surface area contributed by atoms with Crippen LogP contribution in [-0.4, -0.2) is 66.3 Å². The molecule has 0 aliphatic carbocycles. The van der Waals surface area contributed by atoms with E-state index in [1.165, 1.54) is 0 Å². The molecule has 0 atom stereocenters. The molecule has 1 amide bonds. The number of amides is 1. The lowest BCUT2D eigenvalue weighted by molar-refractivity contribution is 0.0750. The first-order valence-electron chi connectivity index (χ1n) is 8.31. The summed E-state index contributed by atoms with van der Waals surface area (Å²) in [5.41, 5.74) is 0.692. The van der Waals surface area contributed by atoms with Crippen molar-refractivity contribution in [2.24, 2.45) is 0 Å². The summed E-state index contributed by atoms with van der Waals surface area (Å²) in [6.45, 7) is 6.38. The van der Waals surface area contributed by atoms with E-state index in [1.807, 2.05) is 37.1 Å². The Labute approximate surface area is 154 Å². The second-order valence-electron chi connectivity index (χ2n) is 6.05. The van der Waals surface area contributed by atoms with E-state index in [4.69, 9.17) is 0 Å². The lowest BCUT2D eigenvalue weighted by Crippen LogP contribution is -2.49. The van der Waals surface area contributed by atoms with Gasteiger partial charge < -0.3 is 9.80 Å². The lowest BCUT2D eigenvalue weighted by Gasteiger charge is -2.35. The molecule has 9 nitrogen and oxygen atoms in total. The zero-order chi connectivity index (χ0) is 18.1. The zero-order valence-electron chi connectivity index (χ0n) is 14.5. The molecule has 0 radical (unpaired) electrons. The predicted molar refractivity (Wildman–Crippen MR) is 96.7 cm³/mol. The Balaban J connectivity index is 1.48. The maximum Gasteiger partial charge on any atom is 0.267 e. The highest BCUT2D eigenvalue weighted by atomic mass is 32.1. The highest BCUT2D eigenvalue weighted by Gasteiger charge is 2.26. The molecule has 1 saturated heterocycles. The molecule has 0 aromatic carbocycles. The van der Waals surface area contributed by atoms with Gasteiger partial charge in [-0.1, -0.05) is 4.49 Å². The van der Waals surface area contributed by atoms with Gasteiger partial charge in [-0.05, 0) is 31.4 Å². The molecular formula is C16H18N8OS. The van der Waals surface area contributed by atoms with Crippen LogP contribution in [0.4, 0.5) is 5.82 Å². The van der Waals surface area contributed by atoms with Gasteiger partial charge in [0.25, 0.3) is 5.91 Å². The fourth-order valence-electron chi connectivity index (χ4n) is 2.93. The van der Waals surface area contributed by atoms with Crippen LogP contribution in [-0.2, 0) is 0 Å². The van der Waals surface area contributed by atoms with Crippen molar-refractivity contribution in [2.45, 2.75) is 13.8 Å². The SMILES string of the molecule is Cc1nc(N2CCN(C(=O)c3snnc3C)CC2)cc(-n2cccn2)n1. The minimum Gasteiger partial charge on any atom is -0.353 e. The first kappa shape index (κ1) is 16.6. The topological polar surface area (TPSA) is 92.9 Å². The van der Waals surface area contributed by atoms with Crippen LogP contribution in [0.1, 0.15) is 21.2 Å². The van der Waals surface area contributed by atoms with E-state index in [0.717, 1.165) is 23.2 Å². The number of carbonyl (C=O) groups excluding carboxylic acids is 1. The number of carbonyl (C=O) groups is 1. The zero-order valence-corrected chi connectivity index (χ0v) is 15.3. The summed E-state index contributed by atoms with van der Waals surface area (Å²) in [7, 11) is 0. The highest BCUT2D eigenvalue weighted by molar-refractivity contribution is 7.07. The van der Waals surface area contributed by atoms with Gasteiger partial charge in [0, 0.05) is 44.6 Å². The Morgan fingerprint density at radius 1 is 1.12 bits per heavy atom. The Bertz CT molecular complexity index is 914. The van der Waals surface area contributed by atoms with E-state index in [1.54, 1.807) is 10.9 Å². The predicted octanol–water partition coefficient (Wildman–Crippen LogP) is 1.09. The molecule has 0 spiro atoms. The smallest absolute Gasteiger partial charge is 0.267 e. The van der Waals surface area contributed by atoms with Gasteiger partial charge in [-0.25, -0.2) is 14.6 Å². The molecule has 0 unspecified atom stereocenters. The van der Waals surface area contributed by atoms with Gasteiger partial charge in [0.1, 0.15) is 16.5 Å². The Morgan fingerprint density at radius 3 is 2.54 bits per heavy atom. The summed E-state index contributed by atoms with van der Waals surface area (Å²) < 4.78 is 5.57. The molecule has 0 N–H and O–H groups in total. The van der Waals surface area contributed by atoms with Crippen molar-refractivity contribution in [2.75, 3.05) is 31.1 Å². The molecule has 1 aliphatic rings. The Kier molecular flexibility index (Phi) is 4.33. The summed E-state index contributed by atoms with van der Waals surface area (Å²) in [6, 6.07) is 3.78. The Morgan fingerprint density at radius 2 is 1.88 bits per heavy atom. The van der Waals surface area contributed by atoms with Gasteiger partial charge in [-0.3, -0.25) is 4.79 Å². The van der Waals surface area contributed by atoms with Crippen LogP contribution < -0.4 is 4.90 Å². The minimum absolute atomic E-state index is 0.00764. The van der Waals surface area contributed by atoms with Crippen LogP contribution in [0.3, 0.4) is 0 Å². The highest BCUT2D eigenvalue weighted by Crippen LogP contribution is 2.19. The van der Waals surface area contributed by atoms with Gasteiger partial charge in [0.15, 0.2) is 5.82 Å². The third-order valence-corrected chi connectivity index (χ3v) is 5.10. The number of aryl methyl sites for hydroxylation is 2. The summed E-state index contributed by atoms with van der Waals surface area (Å²) in [5, 5.41) is 8.15. The number of hydrogen-bond acceptors (Lipinski definition) is 8. The summed E-state index contributed by atoms with van der Waals surface area (Å²) in [5.74, 6) is 2.29. The number of piperazine rings is 1. The minimum atomic E-state index is 0.00764. The average Bonchev–Trinajstić information content (AvgIpc) is 3.32. The standard InChI is InChI=1S/C16H18N8OS/c1-11-15(26-21-20-11)16(25)23-8-6-22(7-9-23)13-10-14(19-12(2)18-13)24-5-3-4-17-24/h3-5,10H,6-9H2,1-2H3. The molecule has 0 bridgehead atoms. The Hall–Kier alpha value is -2.88. The molecule has 0 saturated carbocycles. The van der Waals surface area contributed by atoms with Gasteiger partial charge in [0.05, 0.1) is 5.69 Å². The molecule has 3 aromatic heterocycles. The van der Waals surface area contributed by atoms with Crippen molar-refractivity contribution < 1.29 is 4.79 Å². The van der Waals surface area contributed by atoms with E-state index in [2.05, 4.69) is 29.6 Å². The largest absolute Gasteiger partial charge is 0.353 e. The molecule has 4 heterocycles. The summed E-state index contributed by atoms with van der Waals surface area (Å²) in [6.07, 6.45) is 3.57. The quantitative estimate of drug-likeness (QED) is 0.681. The van der Waals surface area contributed by atoms with E-state index < -0.39 is 0 Å². The first-order valence-corrected chi connectivity index (χ1v) is 9.08. The van der Waals surface area contributed by atoms with Crippen molar-refractivity contribution >= 4 is 23.3 Å². The number of rotatable bonds is 3. The normalized spacial score (nSPS) is 14.7. The van der Waals surface area contributed by atoms with Crippen molar-refractivity contribution in [1.29, 1.82) is 0 Å². The number of anilines is 1. The molecular weight excluding hydrogens is 352 g/mol. The van der Waals surface area contributed by atoms with E-state index in [0.29, 0.717) is 42.6 Å². The van der Waals surface area contributed by atoms with Crippen molar-refractivity contribution in [3.8, 4) is 5.82 Å².